The van der Waals surface area contributed by atoms with E-state index in [1.54, 1.807) is 0 Å². The minimum Gasteiger partial charge on any atom is -0.456 e. The van der Waals surface area contributed by atoms with Crippen molar-refractivity contribution in [3.05, 3.63) is 143 Å². The molecule has 1 aliphatic rings. The lowest BCUT2D eigenvalue weighted by Gasteiger charge is -2.07. The Balaban J connectivity index is 1.18. The van der Waals surface area contributed by atoms with Crippen LogP contribution >= 0.6 is 0 Å². The first-order chi connectivity index (χ1) is 27.7. The van der Waals surface area contributed by atoms with Crippen molar-refractivity contribution in [2.24, 2.45) is 0 Å². The molecule has 4 aromatic carbocycles. The summed E-state index contributed by atoms with van der Waals surface area (Å²) in [5, 5.41) is 0. The van der Waals surface area contributed by atoms with Crippen molar-refractivity contribution < 1.29 is 8.83 Å². The highest BCUT2D eigenvalue weighted by molar-refractivity contribution is 5.77. The van der Waals surface area contributed by atoms with Gasteiger partial charge in [0.2, 0.25) is 0 Å². The zero-order valence-corrected chi connectivity index (χ0v) is 34.1. The number of aryl methyl sites for hydroxylation is 4. The number of hydrogen-bond donors (Lipinski definition) is 0. The maximum absolute atomic E-state index is 6.76. The van der Waals surface area contributed by atoms with Crippen LogP contribution in [0.3, 0.4) is 0 Å². The first kappa shape index (κ1) is 39.4. The van der Waals surface area contributed by atoms with Crippen molar-refractivity contribution in [2.45, 2.75) is 129 Å². The molecule has 12 bridgehead atoms. The molecule has 0 radical (unpaired) electrons. The Hall–Kier alpha value is -4.82. The molecule has 7 rings (SSSR count). The van der Waals surface area contributed by atoms with Crippen LogP contribution in [0.1, 0.15) is 137 Å². The maximum atomic E-state index is 6.76. The lowest BCUT2D eigenvalue weighted by atomic mass is 9.98. The van der Waals surface area contributed by atoms with E-state index in [-0.39, 0.29) is 0 Å². The predicted octanol–water partition coefficient (Wildman–Crippen LogP) is 16.4. The molecule has 2 heteroatoms. The third-order valence-corrected chi connectivity index (χ3v) is 11.6. The van der Waals surface area contributed by atoms with Gasteiger partial charge in [-0.3, -0.25) is 0 Å². The van der Waals surface area contributed by atoms with Gasteiger partial charge in [0.1, 0.15) is 23.0 Å². The van der Waals surface area contributed by atoms with Gasteiger partial charge in [0.15, 0.2) is 0 Å². The molecule has 0 fully saturated rings. The quantitative estimate of drug-likeness (QED) is 0.170. The predicted molar refractivity (Wildman–Crippen MR) is 239 cm³/mol. The lowest BCUT2D eigenvalue weighted by molar-refractivity contribution is 0.551. The first-order valence-electron chi connectivity index (χ1n) is 22.0. The number of fused-ring (bicyclic) bond motifs is 16. The van der Waals surface area contributed by atoms with E-state index in [1.165, 1.54) is 97.6 Å². The van der Waals surface area contributed by atoms with E-state index in [4.69, 9.17) is 8.83 Å². The molecular formula is C54H62O2. The fourth-order valence-corrected chi connectivity index (χ4v) is 8.33. The molecular weight excluding hydrogens is 681 g/mol. The Morgan fingerprint density at radius 1 is 0.411 bits per heavy atom. The van der Waals surface area contributed by atoms with Crippen LogP contribution in [-0.2, 0) is 25.7 Å². The van der Waals surface area contributed by atoms with Crippen LogP contribution in [0.4, 0.5) is 0 Å². The average molecular weight is 743 g/mol. The molecule has 2 aromatic heterocycles. The van der Waals surface area contributed by atoms with Crippen molar-refractivity contribution in [3.8, 4) is 45.3 Å². The van der Waals surface area contributed by atoms with Gasteiger partial charge >= 0.3 is 0 Å². The molecule has 6 aromatic rings. The summed E-state index contributed by atoms with van der Waals surface area (Å²) in [6.45, 7) is 4.53. The van der Waals surface area contributed by atoms with E-state index in [2.05, 4.69) is 135 Å². The molecule has 0 amide bonds. The summed E-state index contributed by atoms with van der Waals surface area (Å²) in [5.41, 5.74) is 12.4. The third-order valence-electron chi connectivity index (χ3n) is 11.6. The van der Waals surface area contributed by atoms with Gasteiger partial charge in [-0.05, 0) is 121 Å². The van der Waals surface area contributed by atoms with Gasteiger partial charge < -0.3 is 8.83 Å². The van der Waals surface area contributed by atoms with Crippen LogP contribution in [0.25, 0.3) is 57.4 Å². The first-order valence-corrected chi connectivity index (χ1v) is 22.0. The van der Waals surface area contributed by atoms with Crippen LogP contribution in [0, 0.1) is 0 Å². The topological polar surface area (TPSA) is 26.3 Å². The molecule has 0 atom stereocenters. The number of furan rings is 2. The average Bonchev–Trinajstić information content (AvgIpc) is 3.87. The number of benzene rings is 4. The number of unbranched alkanes of at least 4 members (excludes halogenated alkanes) is 2. The summed E-state index contributed by atoms with van der Waals surface area (Å²) in [7, 11) is 0. The highest BCUT2D eigenvalue weighted by Crippen LogP contribution is 2.37. The second-order valence-corrected chi connectivity index (χ2v) is 16.2. The van der Waals surface area contributed by atoms with E-state index >= 15 is 0 Å². The number of hydrogen-bond acceptors (Lipinski definition) is 2. The highest BCUT2D eigenvalue weighted by atomic mass is 16.3. The molecule has 0 saturated carbocycles. The largest absolute Gasteiger partial charge is 0.456 e. The van der Waals surface area contributed by atoms with Gasteiger partial charge in [-0.1, -0.05) is 163 Å². The van der Waals surface area contributed by atoms with E-state index in [0.29, 0.717) is 0 Å². The summed E-state index contributed by atoms with van der Waals surface area (Å²) < 4.78 is 13.5. The fraction of sp³-hybridized carbons (Fsp3) is 0.370. The van der Waals surface area contributed by atoms with Gasteiger partial charge in [0.05, 0.1) is 0 Å². The Labute approximate surface area is 337 Å². The smallest absolute Gasteiger partial charge is 0.138 e. The van der Waals surface area contributed by atoms with Gasteiger partial charge in [-0.15, -0.1) is 0 Å². The van der Waals surface area contributed by atoms with Crippen molar-refractivity contribution in [3.63, 3.8) is 0 Å². The van der Waals surface area contributed by atoms with Crippen molar-refractivity contribution in [1.82, 2.24) is 0 Å². The highest BCUT2D eigenvalue weighted by Gasteiger charge is 2.17. The van der Waals surface area contributed by atoms with Crippen molar-refractivity contribution in [1.29, 1.82) is 0 Å². The van der Waals surface area contributed by atoms with Crippen LogP contribution in [0.15, 0.2) is 118 Å². The van der Waals surface area contributed by atoms with Crippen LogP contribution in [-0.4, -0.2) is 0 Å². The molecule has 1 aliphatic heterocycles. The van der Waals surface area contributed by atoms with Gasteiger partial charge in [0, 0.05) is 22.3 Å². The minimum absolute atomic E-state index is 0.942. The molecule has 0 spiro atoms. The molecule has 0 saturated heterocycles. The van der Waals surface area contributed by atoms with Gasteiger partial charge in [-0.25, -0.2) is 0 Å². The molecule has 0 aliphatic carbocycles. The summed E-state index contributed by atoms with van der Waals surface area (Å²) in [4.78, 5) is 0. The normalized spacial score (nSPS) is 14.5. The Morgan fingerprint density at radius 2 is 0.804 bits per heavy atom. The van der Waals surface area contributed by atoms with Crippen molar-refractivity contribution in [2.75, 3.05) is 0 Å². The van der Waals surface area contributed by atoms with E-state index < -0.39 is 0 Å². The Morgan fingerprint density at radius 3 is 1.23 bits per heavy atom. The van der Waals surface area contributed by atoms with Crippen LogP contribution in [0.5, 0.6) is 0 Å². The van der Waals surface area contributed by atoms with Crippen molar-refractivity contribution >= 4 is 12.2 Å². The summed E-state index contributed by atoms with van der Waals surface area (Å²) >= 11 is 0. The molecule has 56 heavy (non-hydrogen) atoms. The SMILES string of the molecule is CCCCc1cc2oc1-c1cccc(c1)CCCCCCCCCCCCc1cccc(c1)-c1oc(cc1CCCC)-c1cccc(c1)C=Cc1cccc-2c1. The lowest BCUT2D eigenvalue weighted by Crippen LogP contribution is -1.90. The second kappa shape index (κ2) is 20.4. The van der Waals surface area contributed by atoms with E-state index in [1.807, 2.05) is 0 Å². The zero-order chi connectivity index (χ0) is 38.4. The molecule has 3 heterocycles. The third kappa shape index (κ3) is 10.7. The minimum atomic E-state index is 0.942. The van der Waals surface area contributed by atoms with Gasteiger partial charge in [-0.2, -0.15) is 0 Å². The Kier molecular flexibility index (Phi) is 14.3. The maximum Gasteiger partial charge on any atom is 0.138 e. The summed E-state index contributed by atoms with van der Waals surface area (Å²) in [5.74, 6) is 3.95. The van der Waals surface area contributed by atoms with Gasteiger partial charge in [0.25, 0.3) is 0 Å². The van der Waals surface area contributed by atoms with Crippen LogP contribution in [0.2, 0.25) is 0 Å². The summed E-state index contributed by atoms with van der Waals surface area (Å²) in [6.07, 6.45) is 26.6. The van der Waals surface area contributed by atoms with E-state index in [0.717, 1.165) is 96.7 Å². The van der Waals surface area contributed by atoms with E-state index in [9.17, 15) is 0 Å². The number of rotatable bonds is 6. The second-order valence-electron chi connectivity index (χ2n) is 16.2. The molecule has 0 unspecified atom stereocenters. The standard InChI is InChI=1S/C54H62O2/c1-3-5-27-49-39-51-45-29-17-25-43(35-45)33-34-44-26-18-30-46(36-44)52-40-50(28-6-4-2)54(56-52)48-32-20-24-42(38-48)22-16-14-12-10-8-7-9-11-13-15-21-41-23-19-31-47(37-41)53(49)55-51/h17-20,23-26,29-40H,3-16,21-22,27-28H2,1-2H3. The molecule has 2 nitrogen and oxygen atoms in total. The Bertz CT molecular complexity index is 2000. The zero-order valence-electron chi connectivity index (χ0n) is 34.1. The monoisotopic (exact) mass is 742 g/mol. The van der Waals surface area contributed by atoms with Crippen LogP contribution < -0.4 is 0 Å². The fourth-order valence-electron chi connectivity index (χ4n) is 8.33. The molecule has 0 N–H and O–H groups in total. The molecule has 290 valence electrons. The summed E-state index contributed by atoms with van der Waals surface area (Å²) in [6, 6.07) is 40.3.